The van der Waals surface area contributed by atoms with Crippen LogP contribution in [0, 0.1) is 10.1 Å². The van der Waals surface area contributed by atoms with Crippen molar-refractivity contribution in [2.45, 2.75) is 12.8 Å². The highest BCUT2D eigenvalue weighted by atomic mass is 16.6. The number of nitro benzene ring substituents is 1. The van der Waals surface area contributed by atoms with E-state index in [0.29, 0.717) is 41.3 Å². The number of benzene rings is 1. The third kappa shape index (κ3) is 2.49. The van der Waals surface area contributed by atoms with Gasteiger partial charge in [-0.2, -0.15) is 5.10 Å². The van der Waals surface area contributed by atoms with E-state index in [1.165, 1.54) is 24.3 Å². The van der Waals surface area contributed by atoms with Gasteiger partial charge in [0.15, 0.2) is 5.69 Å². The second-order valence-corrected chi connectivity index (χ2v) is 4.48. The highest BCUT2D eigenvalue weighted by Crippen LogP contribution is 2.19. The van der Waals surface area contributed by atoms with E-state index in [0.717, 1.165) is 0 Å². The van der Waals surface area contributed by atoms with Gasteiger partial charge in [0.1, 0.15) is 17.1 Å². The third-order valence-electron chi connectivity index (χ3n) is 3.15. The molecule has 1 heterocycles. The highest BCUT2D eigenvalue weighted by Gasteiger charge is 2.27. The first-order valence-electron chi connectivity index (χ1n) is 6.30. The molecule has 0 fully saturated rings. The van der Waals surface area contributed by atoms with E-state index in [1.54, 1.807) is 0 Å². The Labute approximate surface area is 123 Å². The third-order valence-corrected chi connectivity index (χ3v) is 3.15. The topological polar surface area (TPSA) is 139 Å². The van der Waals surface area contributed by atoms with Crippen LogP contribution < -0.4 is 5.43 Å². The first-order valence-corrected chi connectivity index (χ1v) is 6.30. The molecule has 0 saturated carbocycles. The molecule has 0 atom stereocenters. The quantitative estimate of drug-likeness (QED) is 0.498. The Hall–Kier alpha value is -3.30. The first kappa shape index (κ1) is 13.7. The van der Waals surface area contributed by atoms with Crippen molar-refractivity contribution in [3.63, 3.8) is 0 Å². The van der Waals surface area contributed by atoms with Gasteiger partial charge >= 0.3 is 0 Å². The summed E-state index contributed by atoms with van der Waals surface area (Å²) in [6.07, 6.45) is 1.01. The smallest absolute Gasteiger partial charge is 0.269 e. The molecule has 0 aliphatic heterocycles. The number of aromatic nitrogens is 2. The predicted molar refractivity (Wildman–Crippen MR) is 75.1 cm³/mol. The Morgan fingerprint density at radius 2 is 2.05 bits per heavy atom. The first-order chi connectivity index (χ1) is 10.7. The van der Waals surface area contributed by atoms with E-state index in [9.17, 15) is 10.1 Å². The summed E-state index contributed by atoms with van der Waals surface area (Å²) in [4.78, 5) is 10.1. The molecule has 0 unspecified atom stereocenters. The lowest BCUT2D eigenvalue weighted by atomic mass is 9.97. The van der Waals surface area contributed by atoms with Gasteiger partial charge in [0.25, 0.3) is 5.69 Å². The Morgan fingerprint density at radius 3 is 2.73 bits per heavy atom. The lowest BCUT2D eigenvalue weighted by Gasteiger charge is -2.11. The summed E-state index contributed by atoms with van der Waals surface area (Å²) >= 11 is 0. The van der Waals surface area contributed by atoms with Gasteiger partial charge < -0.3 is 5.21 Å². The van der Waals surface area contributed by atoms with Crippen LogP contribution in [0.25, 0.3) is 0 Å². The van der Waals surface area contributed by atoms with E-state index >= 15 is 0 Å². The van der Waals surface area contributed by atoms with Crippen molar-refractivity contribution in [2.75, 3.05) is 5.43 Å². The molecule has 1 aliphatic rings. The zero-order chi connectivity index (χ0) is 15.5. The molecule has 0 bridgehead atoms. The SMILES string of the molecule is O=[N+]([O-])c1ccc(N/N=C2\C(=N\O)CCc3nonc32)cc1. The van der Waals surface area contributed by atoms with Gasteiger partial charge in [-0.25, -0.2) is 4.63 Å². The van der Waals surface area contributed by atoms with Crippen molar-refractivity contribution in [3.05, 3.63) is 45.8 Å². The number of anilines is 1. The number of nitro groups is 1. The molecule has 0 amide bonds. The van der Waals surface area contributed by atoms with Crippen LogP contribution in [0.1, 0.15) is 17.8 Å². The van der Waals surface area contributed by atoms with Crippen molar-refractivity contribution in [1.82, 2.24) is 10.3 Å². The molecule has 2 aromatic rings. The van der Waals surface area contributed by atoms with Gasteiger partial charge in [0.2, 0.25) is 0 Å². The molecule has 10 nitrogen and oxygen atoms in total. The van der Waals surface area contributed by atoms with Gasteiger partial charge in [0.05, 0.1) is 10.6 Å². The largest absolute Gasteiger partial charge is 0.411 e. The van der Waals surface area contributed by atoms with Crippen molar-refractivity contribution in [2.24, 2.45) is 10.3 Å². The van der Waals surface area contributed by atoms with Crippen LogP contribution in [0.3, 0.4) is 0 Å². The maximum absolute atomic E-state index is 10.6. The van der Waals surface area contributed by atoms with Gasteiger partial charge in [-0.1, -0.05) is 10.3 Å². The highest BCUT2D eigenvalue weighted by molar-refractivity contribution is 6.48. The molecule has 0 saturated heterocycles. The molecule has 1 aliphatic carbocycles. The average molecular weight is 302 g/mol. The van der Waals surface area contributed by atoms with E-state index in [1.807, 2.05) is 0 Å². The van der Waals surface area contributed by atoms with Crippen LogP contribution in [0.4, 0.5) is 11.4 Å². The second kappa shape index (κ2) is 5.60. The normalized spacial score (nSPS) is 17.5. The van der Waals surface area contributed by atoms with E-state index < -0.39 is 4.92 Å². The summed E-state index contributed by atoms with van der Waals surface area (Å²) in [6.45, 7) is 0. The van der Waals surface area contributed by atoms with Crippen LogP contribution in [0.2, 0.25) is 0 Å². The lowest BCUT2D eigenvalue weighted by Crippen LogP contribution is -2.24. The maximum Gasteiger partial charge on any atom is 0.269 e. The van der Waals surface area contributed by atoms with Crippen LogP contribution in [0.5, 0.6) is 0 Å². The number of nitrogens with zero attached hydrogens (tertiary/aromatic N) is 5. The Bertz CT molecular complexity index is 764. The molecule has 10 heteroatoms. The van der Waals surface area contributed by atoms with Crippen molar-refractivity contribution in [3.8, 4) is 0 Å². The number of hydrazone groups is 1. The fourth-order valence-electron chi connectivity index (χ4n) is 2.04. The standard InChI is InChI=1S/C12H10N6O4/c19-15-9-5-6-10-12(17-22-16-10)11(9)14-13-7-1-3-8(4-2-7)18(20)21/h1-4,13,19H,5-6H2/b14-11+,15-9+. The number of nitrogens with one attached hydrogen (secondary N) is 1. The van der Waals surface area contributed by atoms with Gasteiger partial charge in [-0.3, -0.25) is 15.5 Å². The summed E-state index contributed by atoms with van der Waals surface area (Å²) in [5.74, 6) is 0. The fourth-order valence-corrected chi connectivity index (χ4v) is 2.04. The number of hydrogen-bond acceptors (Lipinski definition) is 9. The van der Waals surface area contributed by atoms with Crippen molar-refractivity contribution < 1.29 is 14.8 Å². The molecule has 0 spiro atoms. The molecule has 2 N–H and O–H groups in total. The maximum atomic E-state index is 10.6. The number of oxime groups is 1. The zero-order valence-electron chi connectivity index (χ0n) is 11.1. The molecule has 1 aromatic heterocycles. The number of fused-ring (bicyclic) bond motifs is 1. The summed E-state index contributed by atoms with van der Waals surface area (Å²) in [7, 11) is 0. The molecule has 22 heavy (non-hydrogen) atoms. The second-order valence-electron chi connectivity index (χ2n) is 4.48. The van der Waals surface area contributed by atoms with Crippen LogP contribution >= 0.6 is 0 Å². The van der Waals surface area contributed by atoms with Gasteiger partial charge in [-0.15, -0.1) is 0 Å². The van der Waals surface area contributed by atoms with Crippen LogP contribution in [-0.2, 0) is 6.42 Å². The Kier molecular flexibility index (Phi) is 3.48. The van der Waals surface area contributed by atoms with Crippen molar-refractivity contribution >= 4 is 22.8 Å². The number of aryl methyl sites for hydroxylation is 1. The van der Waals surface area contributed by atoms with E-state index in [4.69, 9.17) is 5.21 Å². The summed E-state index contributed by atoms with van der Waals surface area (Å²) in [5, 5.41) is 34.5. The van der Waals surface area contributed by atoms with Crippen LogP contribution in [-0.4, -0.2) is 31.9 Å². The number of non-ortho nitro benzene ring substituents is 1. The molecule has 112 valence electrons. The molecule has 1 aromatic carbocycles. The summed E-state index contributed by atoms with van der Waals surface area (Å²) < 4.78 is 4.66. The van der Waals surface area contributed by atoms with Crippen LogP contribution in [0.15, 0.2) is 39.2 Å². The Morgan fingerprint density at radius 1 is 1.27 bits per heavy atom. The molecule has 0 radical (unpaired) electrons. The number of rotatable bonds is 3. The predicted octanol–water partition coefficient (Wildman–Crippen LogP) is 1.57. The lowest BCUT2D eigenvalue weighted by molar-refractivity contribution is -0.384. The molecular weight excluding hydrogens is 292 g/mol. The minimum atomic E-state index is -0.485. The zero-order valence-corrected chi connectivity index (χ0v) is 11.1. The molecular formula is C12H10N6O4. The minimum Gasteiger partial charge on any atom is -0.411 e. The van der Waals surface area contributed by atoms with Gasteiger partial charge in [-0.05, 0) is 17.3 Å². The molecule has 3 rings (SSSR count). The Balaban J connectivity index is 1.86. The van der Waals surface area contributed by atoms with E-state index in [2.05, 4.69) is 30.6 Å². The number of hydrogen-bond donors (Lipinski definition) is 2. The fraction of sp³-hybridized carbons (Fsp3) is 0.167. The minimum absolute atomic E-state index is 0.0172. The summed E-state index contributed by atoms with van der Waals surface area (Å²) in [5.41, 5.74) is 4.99. The summed E-state index contributed by atoms with van der Waals surface area (Å²) in [6, 6.07) is 5.74. The average Bonchev–Trinajstić information content (AvgIpc) is 3.01. The monoisotopic (exact) mass is 302 g/mol. The van der Waals surface area contributed by atoms with E-state index in [-0.39, 0.29) is 5.69 Å². The van der Waals surface area contributed by atoms with Crippen molar-refractivity contribution in [1.29, 1.82) is 0 Å². The van der Waals surface area contributed by atoms with Gasteiger partial charge in [0, 0.05) is 25.0 Å².